The van der Waals surface area contributed by atoms with Gasteiger partial charge in [0, 0.05) is 16.0 Å². The standard InChI is InChI=1S/C13H14N4S/c1-8-3-4-12(18-8)9(2)17-13-11(15)5-10(6-14)7-16-13/h3-5,7,9H,15H2,1-2H3,(H,16,17). The zero-order chi connectivity index (χ0) is 13.1. The number of pyridine rings is 1. The van der Waals surface area contributed by atoms with Crippen LogP contribution in [0.4, 0.5) is 11.5 Å². The van der Waals surface area contributed by atoms with Crippen LogP contribution in [0.5, 0.6) is 0 Å². The van der Waals surface area contributed by atoms with E-state index in [1.54, 1.807) is 17.4 Å². The van der Waals surface area contributed by atoms with E-state index in [0.29, 0.717) is 17.1 Å². The Morgan fingerprint density at radius 1 is 1.50 bits per heavy atom. The van der Waals surface area contributed by atoms with Crippen LogP contribution in [0.15, 0.2) is 24.4 Å². The number of nitrogens with zero attached hydrogens (tertiary/aromatic N) is 2. The second-order valence-corrected chi connectivity index (χ2v) is 5.41. The van der Waals surface area contributed by atoms with E-state index in [9.17, 15) is 0 Å². The lowest BCUT2D eigenvalue weighted by Crippen LogP contribution is -2.08. The van der Waals surface area contributed by atoms with Crippen molar-refractivity contribution in [1.29, 1.82) is 5.26 Å². The summed E-state index contributed by atoms with van der Waals surface area (Å²) in [6.45, 7) is 4.14. The van der Waals surface area contributed by atoms with Gasteiger partial charge in [0.05, 0.1) is 17.3 Å². The molecule has 2 aromatic rings. The number of hydrogen-bond donors (Lipinski definition) is 2. The van der Waals surface area contributed by atoms with Crippen LogP contribution >= 0.6 is 11.3 Å². The fourth-order valence-corrected chi connectivity index (χ4v) is 2.51. The first-order chi connectivity index (χ1) is 8.60. The van der Waals surface area contributed by atoms with Gasteiger partial charge in [-0.3, -0.25) is 0 Å². The van der Waals surface area contributed by atoms with Crippen LogP contribution in [-0.2, 0) is 0 Å². The number of nitriles is 1. The summed E-state index contributed by atoms with van der Waals surface area (Å²) in [6, 6.07) is 7.97. The van der Waals surface area contributed by atoms with Gasteiger partial charge < -0.3 is 11.1 Å². The topological polar surface area (TPSA) is 74.7 Å². The zero-order valence-electron chi connectivity index (χ0n) is 10.3. The van der Waals surface area contributed by atoms with Crippen molar-refractivity contribution in [3.05, 3.63) is 39.7 Å². The summed E-state index contributed by atoms with van der Waals surface area (Å²) < 4.78 is 0. The maximum absolute atomic E-state index is 8.75. The molecule has 0 spiro atoms. The molecule has 4 nitrogen and oxygen atoms in total. The van der Waals surface area contributed by atoms with Crippen LogP contribution in [0.1, 0.15) is 28.3 Å². The highest BCUT2D eigenvalue weighted by Crippen LogP contribution is 2.27. The van der Waals surface area contributed by atoms with Crippen LogP contribution < -0.4 is 11.1 Å². The van der Waals surface area contributed by atoms with E-state index < -0.39 is 0 Å². The number of nitrogens with one attached hydrogen (secondary N) is 1. The van der Waals surface area contributed by atoms with E-state index >= 15 is 0 Å². The molecular formula is C13H14N4S. The average Bonchev–Trinajstić information content (AvgIpc) is 2.78. The largest absolute Gasteiger partial charge is 0.396 e. The minimum atomic E-state index is 0.145. The molecule has 0 saturated carbocycles. The Hall–Kier alpha value is -2.06. The molecule has 1 unspecified atom stereocenters. The molecule has 2 aromatic heterocycles. The molecular weight excluding hydrogens is 244 g/mol. The van der Waals surface area contributed by atoms with E-state index in [0.717, 1.165) is 0 Å². The predicted octanol–water partition coefficient (Wildman–Crippen LogP) is 3.08. The number of rotatable bonds is 3. The summed E-state index contributed by atoms with van der Waals surface area (Å²) in [5.74, 6) is 0.618. The summed E-state index contributed by atoms with van der Waals surface area (Å²) in [5.41, 5.74) is 6.82. The molecule has 18 heavy (non-hydrogen) atoms. The molecule has 5 heteroatoms. The van der Waals surface area contributed by atoms with Gasteiger partial charge in [-0.2, -0.15) is 5.26 Å². The summed E-state index contributed by atoms with van der Waals surface area (Å²) in [6.07, 6.45) is 1.52. The van der Waals surface area contributed by atoms with Crippen molar-refractivity contribution in [3.8, 4) is 6.07 Å². The molecule has 2 rings (SSSR count). The normalized spacial score (nSPS) is 11.8. The Balaban J connectivity index is 2.17. The van der Waals surface area contributed by atoms with Gasteiger partial charge in [0.15, 0.2) is 0 Å². The highest BCUT2D eigenvalue weighted by molar-refractivity contribution is 7.12. The predicted molar refractivity (Wildman–Crippen MR) is 74.5 cm³/mol. The van der Waals surface area contributed by atoms with Crippen LogP contribution in [0.25, 0.3) is 0 Å². The minimum Gasteiger partial charge on any atom is -0.396 e. The van der Waals surface area contributed by atoms with Gasteiger partial charge in [-0.05, 0) is 32.0 Å². The quantitative estimate of drug-likeness (QED) is 0.887. The lowest BCUT2D eigenvalue weighted by Gasteiger charge is -2.14. The lowest BCUT2D eigenvalue weighted by molar-refractivity contribution is 0.897. The van der Waals surface area contributed by atoms with E-state index in [4.69, 9.17) is 11.0 Å². The molecule has 0 aromatic carbocycles. The second-order valence-electron chi connectivity index (χ2n) is 4.09. The van der Waals surface area contributed by atoms with Crippen molar-refractivity contribution in [3.63, 3.8) is 0 Å². The molecule has 2 heterocycles. The molecule has 0 saturated heterocycles. The van der Waals surface area contributed by atoms with E-state index in [2.05, 4.69) is 36.3 Å². The number of nitrogens with two attached hydrogens (primary N) is 1. The van der Waals surface area contributed by atoms with E-state index in [-0.39, 0.29) is 6.04 Å². The Bertz CT molecular complexity index is 597. The van der Waals surface area contributed by atoms with Gasteiger partial charge in [-0.15, -0.1) is 11.3 Å². The van der Waals surface area contributed by atoms with Crippen molar-refractivity contribution < 1.29 is 0 Å². The number of thiophene rings is 1. The first-order valence-corrected chi connectivity index (χ1v) is 6.40. The second kappa shape index (κ2) is 5.07. The van der Waals surface area contributed by atoms with Crippen LogP contribution in [0.3, 0.4) is 0 Å². The van der Waals surface area contributed by atoms with Crippen molar-refractivity contribution in [2.24, 2.45) is 0 Å². The van der Waals surface area contributed by atoms with Gasteiger partial charge in [0.25, 0.3) is 0 Å². The third kappa shape index (κ3) is 2.60. The first-order valence-electron chi connectivity index (χ1n) is 5.58. The van der Waals surface area contributed by atoms with Crippen molar-refractivity contribution in [2.45, 2.75) is 19.9 Å². The molecule has 3 N–H and O–H groups in total. The van der Waals surface area contributed by atoms with Gasteiger partial charge in [0.2, 0.25) is 0 Å². The molecule has 0 aliphatic heterocycles. The summed E-state index contributed by atoms with van der Waals surface area (Å²) in [5, 5.41) is 12.0. The molecule has 0 aliphatic rings. The summed E-state index contributed by atoms with van der Waals surface area (Å²) in [4.78, 5) is 6.68. The fourth-order valence-electron chi connectivity index (χ4n) is 1.63. The lowest BCUT2D eigenvalue weighted by atomic mass is 10.2. The van der Waals surface area contributed by atoms with Crippen molar-refractivity contribution in [1.82, 2.24) is 4.98 Å². The maximum atomic E-state index is 8.75. The van der Waals surface area contributed by atoms with Crippen LogP contribution in [0, 0.1) is 18.3 Å². The van der Waals surface area contributed by atoms with Crippen LogP contribution in [-0.4, -0.2) is 4.98 Å². The highest BCUT2D eigenvalue weighted by Gasteiger charge is 2.10. The van der Waals surface area contributed by atoms with Crippen LogP contribution in [0.2, 0.25) is 0 Å². The average molecular weight is 258 g/mol. The Morgan fingerprint density at radius 2 is 2.28 bits per heavy atom. The number of aryl methyl sites for hydroxylation is 1. The van der Waals surface area contributed by atoms with Gasteiger partial charge in [-0.25, -0.2) is 4.98 Å². The minimum absolute atomic E-state index is 0.145. The van der Waals surface area contributed by atoms with E-state index in [1.807, 2.05) is 6.07 Å². The smallest absolute Gasteiger partial charge is 0.149 e. The van der Waals surface area contributed by atoms with Gasteiger partial charge in [0.1, 0.15) is 11.9 Å². The third-order valence-electron chi connectivity index (χ3n) is 2.59. The summed E-state index contributed by atoms with van der Waals surface area (Å²) >= 11 is 1.75. The Morgan fingerprint density at radius 3 is 2.83 bits per heavy atom. The van der Waals surface area contributed by atoms with Gasteiger partial charge >= 0.3 is 0 Å². The molecule has 0 radical (unpaired) electrons. The number of hydrogen-bond acceptors (Lipinski definition) is 5. The first kappa shape index (κ1) is 12.4. The molecule has 0 fully saturated rings. The molecule has 0 bridgehead atoms. The maximum Gasteiger partial charge on any atom is 0.149 e. The monoisotopic (exact) mass is 258 g/mol. The fraction of sp³-hybridized carbons (Fsp3) is 0.231. The van der Waals surface area contributed by atoms with E-state index in [1.165, 1.54) is 16.0 Å². The number of anilines is 2. The Kier molecular flexibility index (Phi) is 3.49. The molecule has 92 valence electrons. The van der Waals surface area contributed by atoms with Crippen molar-refractivity contribution >= 4 is 22.8 Å². The molecule has 0 aliphatic carbocycles. The SMILES string of the molecule is Cc1ccc(C(C)Nc2ncc(C#N)cc2N)s1. The molecule has 0 amide bonds. The number of aromatic nitrogens is 1. The summed E-state index contributed by atoms with van der Waals surface area (Å²) in [7, 11) is 0. The Labute approximate surface area is 110 Å². The number of nitrogen functional groups attached to an aromatic ring is 1. The zero-order valence-corrected chi connectivity index (χ0v) is 11.1. The van der Waals surface area contributed by atoms with Crippen molar-refractivity contribution in [2.75, 3.05) is 11.1 Å². The molecule has 1 atom stereocenters. The van der Waals surface area contributed by atoms with Gasteiger partial charge in [-0.1, -0.05) is 0 Å². The highest BCUT2D eigenvalue weighted by atomic mass is 32.1. The third-order valence-corrected chi connectivity index (χ3v) is 3.77.